The quantitative estimate of drug-likeness (QED) is 0.662. The van der Waals surface area contributed by atoms with E-state index in [0.29, 0.717) is 5.69 Å². The third kappa shape index (κ3) is 3.30. The molecule has 7 heteroatoms. The molecule has 0 saturated carbocycles. The zero-order chi connectivity index (χ0) is 10.4. The fourth-order valence-corrected chi connectivity index (χ4v) is 0.689. The van der Waals surface area contributed by atoms with E-state index in [1.165, 1.54) is 6.20 Å². The Morgan fingerprint density at radius 2 is 2.21 bits per heavy atom. The normalized spacial score (nSPS) is 9.93. The molecule has 1 rings (SSSR count). The molecular formula is C7H6F2N2O3. The van der Waals surface area contributed by atoms with Gasteiger partial charge >= 0.3 is 6.61 Å². The van der Waals surface area contributed by atoms with E-state index in [1.54, 1.807) is 0 Å². The summed E-state index contributed by atoms with van der Waals surface area (Å²) in [5, 5.41) is 0. The summed E-state index contributed by atoms with van der Waals surface area (Å²) in [6.07, 6.45) is 2.21. The maximum atomic E-state index is 11.7. The van der Waals surface area contributed by atoms with Gasteiger partial charge in [-0.05, 0) is 0 Å². The Labute approximate surface area is 77.7 Å². The monoisotopic (exact) mass is 204 g/mol. The maximum Gasteiger partial charge on any atom is 0.388 e. The smallest absolute Gasteiger partial charge is 0.388 e. The largest absolute Gasteiger partial charge is 0.461 e. The van der Waals surface area contributed by atoms with Crippen LogP contribution < -0.4 is 4.74 Å². The molecule has 1 heterocycles. The molecule has 0 fully saturated rings. The Morgan fingerprint density at radius 3 is 2.71 bits per heavy atom. The summed E-state index contributed by atoms with van der Waals surface area (Å²) in [7, 11) is 0. The second-order valence-corrected chi connectivity index (χ2v) is 2.13. The van der Waals surface area contributed by atoms with Crippen LogP contribution in [0.4, 0.5) is 8.78 Å². The van der Waals surface area contributed by atoms with Crippen LogP contribution in [-0.2, 0) is 16.1 Å². The van der Waals surface area contributed by atoms with E-state index < -0.39 is 6.61 Å². The van der Waals surface area contributed by atoms with Crippen LogP contribution in [-0.4, -0.2) is 23.1 Å². The minimum atomic E-state index is -2.93. The lowest BCUT2D eigenvalue weighted by Crippen LogP contribution is -2.04. The first-order valence-electron chi connectivity index (χ1n) is 3.53. The molecule has 0 atom stereocenters. The van der Waals surface area contributed by atoms with Gasteiger partial charge in [0.1, 0.15) is 6.61 Å². The van der Waals surface area contributed by atoms with E-state index in [4.69, 9.17) is 0 Å². The molecule has 0 aliphatic heterocycles. The standard InChI is InChI=1S/C7H6F2N2O3/c8-7(9)14-6-2-10-5(1-11-6)3-13-4-12/h1-2,4,7H,3H2. The maximum absolute atomic E-state index is 11.7. The number of aromatic nitrogens is 2. The Bertz CT molecular complexity index is 291. The molecular weight excluding hydrogens is 198 g/mol. The molecule has 0 unspecified atom stereocenters. The van der Waals surface area contributed by atoms with Gasteiger partial charge in [-0.3, -0.25) is 9.78 Å². The lowest BCUT2D eigenvalue weighted by atomic mass is 10.5. The number of halogens is 2. The third-order valence-corrected chi connectivity index (χ3v) is 1.19. The van der Waals surface area contributed by atoms with Crippen molar-refractivity contribution in [2.24, 2.45) is 0 Å². The molecule has 0 spiro atoms. The number of rotatable bonds is 5. The van der Waals surface area contributed by atoms with Crippen LogP contribution in [0.25, 0.3) is 0 Å². The summed E-state index contributed by atoms with van der Waals surface area (Å²) in [6.45, 7) is -2.72. The highest BCUT2D eigenvalue weighted by Crippen LogP contribution is 2.08. The average molecular weight is 204 g/mol. The molecule has 0 saturated heterocycles. The fourth-order valence-electron chi connectivity index (χ4n) is 0.689. The molecule has 1 aromatic rings. The molecule has 0 aliphatic rings. The molecule has 0 amide bonds. The molecule has 76 valence electrons. The van der Waals surface area contributed by atoms with E-state index in [-0.39, 0.29) is 19.0 Å². The van der Waals surface area contributed by atoms with Crippen molar-refractivity contribution in [3.8, 4) is 5.88 Å². The van der Waals surface area contributed by atoms with Gasteiger partial charge in [-0.2, -0.15) is 8.78 Å². The number of hydrogen-bond donors (Lipinski definition) is 0. The lowest BCUT2D eigenvalue weighted by Gasteiger charge is -2.02. The van der Waals surface area contributed by atoms with Crippen LogP contribution in [0.2, 0.25) is 0 Å². The summed E-state index contributed by atoms with van der Waals surface area (Å²) in [6, 6.07) is 0. The van der Waals surface area contributed by atoms with E-state index in [1.807, 2.05) is 0 Å². The number of carbonyl (C=O) groups excluding carboxylic acids is 1. The Hall–Kier alpha value is -1.79. The second-order valence-electron chi connectivity index (χ2n) is 2.13. The van der Waals surface area contributed by atoms with Crippen LogP contribution in [0.5, 0.6) is 5.88 Å². The van der Waals surface area contributed by atoms with Gasteiger partial charge in [0.15, 0.2) is 0 Å². The number of hydrogen-bond acceptors (Lipinski definition) is 5. The van der Waals surface area contributed by atoms with Crippen molar-refractivity contribution in [2.45, 2.75) is 13.2 Å². The Morgan fingerprint density at radius 1 is 1.43 bits per heavy atom. The highest BCUT2D eigenvalue weighted by atomic mass is 19.3. The molecule has 0 bridgehead atoms. The van der Waals surface area contributed by atoms with Crippen molar-refractivity contribution in [1.82, 2.24) is 9.97 Å². The summed E-state index contributed by atoms with van der Waals surface area (Å²) in [5.41, 5.74) is 0.346. The molecule has 14 heavy (non-hydrogen) atoms. The Balaban J connectivity index is 2.54. The van der Waals surface area contributed by atoms with Gasteiger partial charge in [-0.1, -0.05) is 0 Å². The van der Waals surface area contributed by atoms with Crippen LogP contribution in [0.3, 0.4) is 0 Å². The number of carbonyl (C=O) groups is 1. The van der Waals surface area contributed by atoms with Gasteiger partial charge in [0.25, 0.3) is 6.47 Å². The van der Waals surface area contributed by atoms with E-state index >= 15 is 0 Å². The third-order valence-electron chi connectivity index (χ3n) is 1.19. The topological polar surface area (TPSA) is 61.3 Å². The minimum Gasteiger partial charge on any atom is -0.461 e. The fraction of sp³-hybridized carbons (Fsp3) is 0.286. The summed E-state index contributed by atoms with van der Waals surface area (Å²) < 4.78 is 31.7. The zero-order valence-corrected chi connectivity index (χ0v) is 6.89. The summed E-state index contributed by atoms with van der Waals surface area (Å²) in [5.74, 6) is -0.283. The zero-order valence-electron chi connectivity index (χ0n) is 6.89. The van der Waals surface area contributed by atoms with Crippen LogP contribution in [0.15, 0.2) is 12.4 Å². The SMILES string of the molecule is O=COCc1cnc(OC(F)F)cn1. The first-order chi connectivity index (χ1) is 6.72. The molecule has 0 aliphatic carbocycles. The highest BCUT2D eigenvalue weighted by molar-refractivity contribution is 5.37. The number of ether oxygens (including phenoxy) is 2. The van der Waals surface area contributed by atoms with Crippen molar-refractivity contribution in [3.05, 3.63) is 18.1 Å². The van der Waals surface area contributed by atoms with Gasteiger partial charge in [0.2, 0.25) is 5.88 Å². The van der Waals surface area contributed by atoms with Crippen LogP contribution >= 0.6 is 0 Å². The van der Waals surface area contributed by atoms with Crippen molar-refractivity contribution in [1.29, 1.82) is 0 Å². The van der Waals surface area contributed by atoms with Crippen LogP contribution in [0.1, 0.15) is 5.69 Å². The van der Waals surface area contributed by atoms with Crippen molar-refractivity contribution >= 4 is 6.47 Å². The summed E-state index contributed by atoms with van der Waals surface area (Å²) >= 11 is 0. The predicted octanol–water partition coefficient (Wildman–Crippen LogP) is 0.751. The molecule has 0 aromatic carbocycles. The summed E-state index contributed by atoms with van der Waals surface area (Å²) in [4.78, 5) is 17.0. The van der Waals surface area contributed by atoms with Gasteiger partial charge in [-0.25, -0.2) is 4.98 Å². The van der Waals surface area contributed by atoms with Gasteiger partial charge in [0.05, 0.1) is 18.1 Å². The van der Waals surface area contributed by atoms with Crippen LogP contribution in [0, 0.1) is 0 Å². The lowest BCUT2D eigenvalue weighted by molar-refractivity contribution is -0.129. The molecule has 1 aromatic heterocycles. The van der Waals surface area contributed by atoms with E-state index in [9.17, 15) is 13.6 Å². The van der Waals surface area contributed by atoms with Gasteiger partial charge in [0, 0.05) is 0 Å². The van der Waals surface area contributed by atoms with Crippen molar-refractivity contribution < 1.29 is 23.0 Å². The second kappa shape index (κ2) is 5.05. The molecule has 0 N–H and O–H groups in total. The molecule has 5 nitrogen and oxygen atoms in total. The first-order valence-corrected chi connectivity index (χ1v) is 3.53. The number of nitrogens with zero attached hydrogens (tertiary/aromatic N) is 2. The van der Waals surface area contributed by atoms with Crippen molar-refractivity contribution in [3.63, 3.8) is 0 Å². The van der Waals surface area contributed by atoms with E-state index in [2.05, 4.69) is 19.4 Å². The van der Waals surface area contributed by atoms with Gasteiger partial charge in [-0.15, -0.1) is 0 Å². The minimum absolute atomic E-state index is 0.0501. The van der Waals surface area contributed by atoms with Crippen molar-refractivity contribution in [2.75, 3.05) is 0 Å². The number of alkyl halides is 2. The van der Waals surface area contributed by atoms with E-state index in [0.717, 1.165) is 6.20 Å². The first kappa shape index (κ1) is 10.3. The highest BCUT2D eigenvalue weighted by Gasteiger charge is 2.05. The molecule has 0 radical (unpaired) electrons. The Kier molecular flexibility index (Phi) is 3.71. The van der Waals surface area contributed by atoms with Gasteiger partial charge < -0.3 is 9.47 Å². The predicted molar refractivity (Wildman–Crippen MR) is 39.5 cm³/mol. The average Bonchev–Trinajstić information content (AvgIpc) is 2.16.